The molecule has 2 aromatic carbocycles. The maximum absolute atomic E-state index is 13.4. The number of nitrogens with zero attached hydrogens (tertiary/aromatic N) is 3. The Morgan fingerprint density at radius 2 is 2.13 bits per heavy atom. The number of nitrogens with one attached hydrogen (secondary N) is 1. The second-order valence-corrected chi connectivity index (χ2v) is 7.81. The molecule has 1 aliphatic heterocycles. The summed E-state index contributed by atoms with van der Waals surface area (Å²) in [7, 11) is 0. The summed E-state index contributed by atoms with van der Waals surface area (Å²) >= 11 is 1.21. The summed E-state index contributed by atoms with van der Waals surface area (Å²) in [6.07, 6.45) is 2.00. The van der Waals surface area contributed by atoms with Crippen molar-refractivity contribution in [2.75, 3.05) is 18.9 Å². The molecule has 1 unspecified atom stereocenters. The molecule has 0 bridgehead atoms. The van der Waals surface area contributed by atoms with Crippen LogP contribution in [0.2, 0.25) is 0 Å². The number of ether oxygens (including phenoxy) is 1. The Labute approximate surface area is 175 Å². The molecule has 1 aromatic heterocycles. The Morgan fingerprint density at radius 3 is 2.83 bits per heavy atom. The Kier molecular flexibility index (Phi) is 5.96. The predicted octanol–water partition coefficient (Wildman–Crippen LogP) is 3.46. The van der Waals surface area contributed by atoms with Crippen molar-refractivity contribution < 1.29 is 18.8 Å². The molecule has 30 heavy (non-hydrogen) atoms. The Balaban J connectivity index is 1.58. The van der Waals surface area contributed by atoms with Crippen molar-refractivity contribution in [1.82, 2.24) is 14.9 Å². The Hall–Kier alpha value is -2.98. The first-order valence-corrected chi connectivity index (χ1v) is 10.4. The molecule has 1 saturated heterocycles. The second kappa shape index (κ2) is 8.80. The summed E-state index contributed by atoms with van der Waals surface area (Å²) in [5, 5.41) is 14.4. The first-order chi connectivity index (χ1) is 14.5. The van der Waals surface area contributed by atoms with E-state index in [1.54, 1.807) is 22.8 Å². The lowest BCUT2D eigenvalue weighted by molar-refractivity contribution is -0.384. The zero-order chi connectivity index (χ0) is 21.1. The lowest BCUT2D eigenvalue weighted by Crippen LogP contribution is -2.32. The first-order valence-electron chi connectivity index (χ1n) is 9.45. The van der Waals surface area contributed by atoms with Gasteiger partial charge in [0.2, 0.25) is 5.91 Å². The molecule has 1 fully saturated rings. The summed E-state index contributed by atoms with van der Waals surface area (Å²) in [6, 6.07) is 10.2. The van der Waals surface area contributed by atoms with E-state index in [0.29, 0.717) is 28.4 Å². The number of carbonyl (C=O) groups excluding carboxylic acids is 1. The van der Waals surface area contributed by atoms with Crippen molar-refractivity contribution in [1.29, 1.82) is 0 Å². The lowest BCUT2D eigenvalue weighted by atomic mass is 10.2. The van der Waals surface area contributed by atoms with Crippen LogP contribution >= 0.6 is 11.8 Å². The van der Waals surface area contributed by atoms with Crippen LogP contribution in [0.5, 0.6) is 0 Å². The van der Waals surface area contributed by atoms with Crippen LogP contribution in [0, 0.1) is 15.9 Å². The van der Waals surface area contributed by atoms with Crippen LogP contribution < -0.4 is 5.32 Å². The van der Waals surface area contributed by atoms with Crippen molar-refractivity contribution in [3.8, 4) is 5.69 Å². The van der Waals surface area contributed by atoms with Crippen molar-refractivity contribution in [2.24, 2.45) is 0 Å². The topological polar surface area (TPSA) is 99.3 Å². The van der Waals surface area contributed by atoms with E-state index in [1.165, 1.54) is 36.0 Å². The quantitative estimate of drug-likeness (QED) is 0.350. The Morgan fingerprint density at radius 1 is 1.33 bits per heavy atom. The molecule has 2 heterocycles. The standard InChI is InChI=1S/C20H19FN4O4S/c21-13-3-5-14(6-4-13)24-18-8-7-15(25(27)28)10-17(18)23-20(24)30-12-19(26)22-11-16-2-1-9-29-16/h3-8,10,16H,1-2,9,11-12H2,(H,22,26). The molecular weight excluding hydrogens is 411 g/mol. The van der Waals surface area contributed by atoms with Gasteiger partial charge in [-0.3, -0.25) is 19.5 Å². The summed E-state index contributed by atoms with van der Waals surface area (Å²) in [4.78, 5) is 27.4. The van der Waals surface area contributed by atoms with Crippen LogP contribution in [0.15, 0.2) is 47.6 Å². The third kappa shape index (κ3) is 4.44. The van der Waals surface area contributed by atoms with Crippen molar-refractivity contribution in [3.05, 3.63) is 58.4 Å². The van der Waals surface area contributed by atoms with Gasteiger partial charge in [-0.05, 0) is 43.2 Å². The van der Waals surface area contributed by atoms with E-state index < -0.39 is 4.92 Å². The molecule has 0 saturated carbocycles. The number of thioether (sulfide) groups is 1. The van der Waals surface area contributed by atoms with E-state index in [1.807, 2.05) is 0 Å². The molecule has 0 radical (unpaired) electrons. The minimum Gasteiger partial charge on any atom is -0.376 e. The van der Waals surface area contributed by atoms with Gasteiger partial charge in [0, 0.05) is 31.0 Å². The molecule has 156 valence electrons. The second-order valence-electron chi connectivity index (χ2n) is 6.86. The first kappa shape index (κ1) is 20.3. The number of halogens is 1. The molecule has 1 N–H and O–H groups in total. The molecule has 3 aromatic rings. The maximum Gasteiger partial charge on any atom is 0.271 e. The van der Waals surface area contributed by atoms with Gasteiger partial charge >= 0.3 is 0 Å². The van der Waals surface area contributed by atoms with Gasteiger partial charge in [0.25, 0.3) is 5.69 Å². The molecule has 0 aliphatic carbocycles. The molecule has 4 rings (SSSR count). The number of carbonyl (C=O) groups is 1. The van der Waals surface area contributed by atoms with Gasteiger partial charge in [-0.15, -0.1) is 0 Å². The summed E-state index contributed by atoms with van der Waals surface area (Å²) in [5.41, 5.74) is 1.64. The fraction of sp³-hybridized carbons (Fsp3) is 0.300. The number of amides is 1. The monoisotopic (exact) mass is 430 g/mol. The number of nitro benzene ring substituents is 1. The zero-order valence-electron chi connectivity index (χ0n) is 15.9. The molecule has 10 heteroatoms. The van der Waals surface area contributed by atoms with E-state index in [0.717, 1.165) is 19.4 Å². The summed E-state index contributed by atoms with van der Waals surface area (Å²) < 4.78 is 20.6. The normalized spacial score (nSPS) is 16.1. The van der Waals surface area contributed by atoms with Gasteiger partial charge in [-0.2, -0.15) is 0 Å². The molecule has 1 atom stereocenters. The van der Waals surface area contributed by atoms with Crippen LogP contribution in [-0.4, -0.2) is 45.4 Å². The average Bonchev–Trinajstić information content (AvgIpc) is 3.38. The van der Waals surface area contributed by atoms with Crippen molar-refractivity contribution in [2.45, 2.75) is 24.1 Å². The van der Waals surface area contributed by atoms with Gasteiger partial charge in [0.1, 0.15) is 5.82 Å². The Bertz CT molecular complexity index is 1080. The molecule has 0 spiro atoms. The number of rotatable bonds is 7. The minimum atomic E-state index is -0.484. The highest BCUT2D eigenvalue weighted by molar-refractivity contribution is 7.99. The van der Waals surface area contributed by atoms with Gasteiger partial charge < -0.3 is 10.1 Å². The van der Waals surface area contributed by atoms with Gasteiger partial charge in [0.15, 0.2) is 5.16 Å². The lowest BCUT2D eigenvalue weighted by Gasteiger charge is -2.11. The van der Waals surface area contributed by atoms with Crippen molar-refractivity contribution >= 4 is 34.4 Å². The van der Waals surface area contributed by atoms with Gasteiger partial charge in [0.05, 0.1) is 27.8 Å². The zero-order valence-corrected chi connectivity index (χ0v) is 16.7. The largest absolute Gasteiger partial charge is 0.376 e. The van der Waals surface area contributed by atoms with Crippen LogP contribution in [0.3, 0.4) is 0 Å². The predicted molar refractivity (Wildman–Crippen MR) is 110 cm³/mol. The molecule has 8 nitrogen and oxygen atoms in total. The van der Waals surface area contributed by atoms with E-state index >= 15 is 0 Å². The average molecular weight is 430 g/mol. The third-order valence-electron chi connectivity index (χ3n) is 4.79. The van der Waals surface area contributed by atoms with Crippen LogP contribution in [0.25, 0.3) is 16.7 Å². The van der Waals surface area contributed by atoms with E-state index in [2.05, 4.69) is 10.3 Å². The molecule has 1 amide bonds. The van der Waals surface area contributed by atoms with Crippen LogP contribution in [0.1, 0.15) is 12.8 Å². The number of hydrogen-bond donors (Lipinski definition) is 1. The number of benzene rings is 2. The van der Waals surface area contributed by atoms with E-state index in [-0.39, 0.29) is 29.3 Å². The smallest absolute Gasteiger partial charge is 0.271 e. The van der Waals surface area contributed by atoms with Gasteiger partial charge in [-0.25, -0.2) is 9.37 Å². The maximum atomic E-state index is 13.4. The summed E-state index contributed by atoms with van der Waals surface area (Å²) in [5.74, 6) is -0.403. The van der Waals surface area contributed by atoms with Crippen molar-refractivity contribution in [3.63, 3.8) is 0 Å². The highest BCUT2D eigenvalue weighted by Gasteiger charge is 2.19. The minimum absolute atomic E-state index is 0.0586. The van der Waals surface area contributed by atoms with E-state index in [9.17, 15) is 19.3 Å². The number of nitro groups is 1. The van der Waals surface area contributed by atoms with Crippen LogP contribution in [0.4, 0.5) is 10.1 Å². The third-order valence-corrected chi connectivity index (χ3v) is 5.72. The highest BCUT2D eigenvalue weighted by atomic mass is 32.2. The fourth-order valence-electron chi connectivity index (χ4n) is 3.31. The van der Waals surface area contributed by atoms with Gasteiger partial charge in [-0.1, -0.05) is 11.8 Å². The number of imidazole rings is 1. The van der Waals surface area contributed by atoms with E-state index in [4.69, 9.17) is 4.74 Å². The molecule has 1 aliphatic rings. The molecular formula is C20H19FN4O4S. The highest BCUT2D eigenvalue weighted by Crippen LogP contribution is 2.30. The number of aromatic nitrogens is 2. The number of hydrogen-bond acceptors (Lipinski definition) is 6. The SMILES string of the molecule is O=C(CSc1nc2cc([N+](=O)[O-])ccc2n1-c1ccc(F)cc1)NCC1CCCO1. The van der Waals surface area contributed by atoms with Crippen LogP contribution in [-0.2, 0) is 9.53 Å². The number of fused-ring (bicyclic) bond motifs is 1. The number of non-ortho nitro benzene ring substituents is 1. The summed E-state index contributed by atoms with van der Waals surface area (Å²) in [6.45, 7) is 1.20. The fourth-order valence-corrected chi connectivity index (χ4v) is 4.17.